The van der Waals surface area contributed by atoms with Crippen LogP contribution in [0.4, 0.5) is 4.79 Å². The van der Waals surface area contributed by atoms with E-state index in [0.29, 0.717) is 12.3 Å². The zero-order chi connectivity index (χ0) is 12.9. The van der Waals surface area contributed by atoms with Crippen molar-refractivity contribution in [2.24, 2.45) is 5.92 Å². The fourth-order valence-corrected chi connectivity index (χ4v) is 1.25. The quantitative estimate of drug-likeness (QED) is 0.805. The van der Waals surface area contributed by atoms with Gasteiger partial charge in [0.15, 0.2) is 5.78 Å². The van der Waals surface area contributed by atoms with Crippen molar-refractivity contribution in [3.63, 3.8) is 0 Å². The smallest absolute Gasteiger partial charge is 0.408 e. The van der Waals surface area contributed by atoms with Crippen molar-refractivity contribution in [1.82, 2.24) is 5.32 Å². The molecule has 1 atom stereocenters. The Morgan fingerprint density at radius 2 is 1.75 bits per heavy atom. The first-order valence-electron chi connectivity index (χ1n) is 5.62. The SMILES string of the molecule is CC(=O)[C@@H](CC(C)C)NC(=O)OC(C)(C)C. The summed E-state index contributed by atoms with van der Waals surface area (Å²) in [6.45, 7) is 10.9. The van der Waals surface area contributed by atoms with Crippen LogP contribution < -0.4 is 5.32 Å². The Balaban J connectivity index is 4.30. The molecule has 1 amide bonds. The van der Waals surface area contributed by atoms with Gasteiger partial charge < -0.3 is 10.1 Å². The molecule has 4 heteroatoms. The molecule has 0 aromatic heterocycles. The molecule has 0 aromatic carbocycles. The Morgan fingerprint density at radius 3 is 2.06 bits per heavy atom. The number of ketones is 1. The van der Waals surface area contributed by atoms with Crippen molar-refractivity contribution in [3.05, 3.63) is 0 Å². The van der Waals surface area contributed by atoms with Gasteiger partial charge in [-0.2, -0.15) is 0 Å². The van der Waals surface area contributed by atoms with Crippen LogP contribution in [0.5, 0.6) is 0 Å². The van der Waals surface area contributed by atoms with Gasteiger partial charge in [0, 0.05) is 0 Å². The molecule has 0 unspecified atom stereocenters. The highest BCUT2D eigenvalue weighted by molar-refractivity contribution is 5.85. The van der Waals surface area contributed by atoms with E-state index in [1.807, 2.05) is 13.8 Å². The number of nitrogens with one attached hydrogen (secondary N) is 1. The van der Waals surface area contributed by atoms with Crippen LogP contribution in [0.1, 0.15) is 48.0 Å². The molecule has 0 saturated carbocycles. The van der Waals surface area contributed by atoms with Crippen LogP contribution in [-0.4, -0.2) is 23.5 Å². The van der Waals surface area contributed by atoms with E-state index in [1.165, 1.54) is 6.92 Å². The number of ether oxygens (including phenoxy) is 1. The molecule has 0 aliphatic carbocycles. The van der Waals surface area contributed by atoms with Gasteiger partial charge in [0.1, 0.15) is 5.60 Å². The number of amides is 1. The van der Waals surface area contributed by atoms with Crippen LogP contribution in [0.2, 0.25) is 0 Å². The molecule has 0 fully saturated rings. The van der Waals surface area contributed by atoms with Crippen molar-refractivity contribution in [2.45, 2.75) is 59.6 Å². The molecule has 0 aromatic rings. The number of hydrogen-bond acceptors (Lipinski definition) is 3. The van der Waals surface area contributed by atoms with Gasteiger partial charge in [-0.25, -0.2) is 4.79 Å². The molecule has 0 aliphatic rings. The second kappa shape index (κ2) is 5.87. The molecule has 0 bridgehead atoms. The minimum Gasteiger partial charge on any atom is -0.444 e. The first-order valence-corrected chi connectivity index (χ1v) is 5.62. The summed E-state index contributed by atoms with van der Waals surface area (Å²) in [5.74, 6) is 0.309. The van der Waals surface area contributed by atoms with Gasteiger partial charge in [0.25, 0.3) is 0 Å². The lowest BCUT2D eigenvalue weighted by molar-refractivity contribution is -0.119. The minimum atomic E-state index is -0.538. The highest BCUT2D eigenvalue weighted by Crippen LogP contribution is 2.09. The van der Waals surface area contributed by atoms with Crippen LogP contribution in [0.25, 0.3) is 0 Å². The maximum Gasteiger partial charge on any atom is 0.408 e. The molecule has 0 spiro atoms. The van der Waals surface area contributed by atoms with Crippen LogP contribution in [0.15, 0.2) is 0 Å². The van der Waals surface area contributed by atoms with E-state index in [-0.39, 0.29) is 5.78 Å². The van der Waals surface area contributed by atoms with Gasteiger partial charge >= 0.3 is 6.09 Å². The predicted molar refractivity (Wildman–Crippen MR) is 63.3 cm³/mol. The lowest BCUT2D eigenvalue weighted by atomic mass is 10.0. The van der Waals surface area contributed by atoms with E-state index >= 15 is 0 Å². The molecule has 16 heavy (non-hydrogen) atoms. The van der Waals surface area contributed by atoms with Crippen LogP contribution in [0.3, 0.4) is 0 Å². The molecule has 94 valence electrons. The number of rotatable bonds is 4. The average molecular weight is 229 g/mol. The zero-order valence-electron chi connectivity index (χ0n) is 11.1. The molecule has 1 N–H and O–H groups in total. The first kappa shape index (κ1) is 14.9. The van der Waals surface area contributed by atoms with Gasteiger partial charge in [0.2, 0.25) is 0 Å². The topological polar surface area (TPSA) is 55.4 Å². The van der Waals surface area contributed by atoms with E-state index in [2.05, 4.69) is 5.32 Å². The van der Waals surface area contributed by atoms with Gasteiger partial charge in [-0.05, 0) is 40.0 Å². The summed E-state index contributed by atoms with van der Waals surface area (Å²) in [6, 6.07) is -0.449. The molecule has 0 aliphatic heterocycles. The standard InChI is InChI=1S/C12H23NO3/c1-8(2)7-10(9(3)14)13-11(15)16-12(4,5)6/h8,10H,7H2,1-6H3,(H,13,15)/t10-/m1/s1. The second-order valence-corrected chi connectivity index (χ2v) is 5.44. The van der Waals surface area contributed by atoms with Crippen molar-refractivity contribution < 1.29 is 14.3 Å². The second-order valence-electron chi connectivity index (χ2n) is 5.44. The average Bonchev–Trinajstić information content (AvgIpc) is 1.97. The van der Waals surface area contributed by atoms with E-state index in [1.54, 1.807) is 20.8 Å². The van der Waals surface area contributed by atoms with E-state index < -0.39 is 17.7 Å². The highest BCUT2D eigenvalue weighted by atomic mass is 16.6. The first-order chi connectivity index (χ1) is 7.11. The molecule has 4 nitrogen and oxygen atoms in total. The fourth-order valence-electron chi connectivity index (χ4n) is 1.25. The van der Waals surface area contributed by atoms with Crippen molar-refractivity contribution in [1.29, 1.82) is 0 Å². The molecule has 0 heterocycles. The monoisotopic (exact) mass is 229 g/mol. The number of Topliss-reactive ketones (excluding diaryl/α,β-unsaturated/α-hetero) is 1. The van der Waals surface area contributed by atoms with Gasteiger partial charge in [0.05, 0.1) is 6.04 Å². The molecule has 0 rings (SSSR count). The summed E-state index contributed by atoms with van der Waals surface area (Å²) in [5, 5.41) is 2.59. The zero-order valence-corrected chi connectivity index (χ0v) is 11.1. The maximum atomic E-state index is 11.5. The Morgan fingerprint density at radius 1 is 1.25 bits per heavy atom. The molecular weight excluding hydrogens is 206 g/mol. The third-order valence-corrected chi connectivity index (χ3v) is 1.89. The highest BCUT2D eigenvalue weighted by Gasteiger charge is 2.22. The summed E-state index contributed by atoms with van der Waals surface area (Å²) in [6.07, 6.45) is 0.0996. The molecule has 0 radical (unpaired) electrons. The fraction of sp³-hybridized carbons (Fsp3) is 0.833. The number of alkyl carbamates (subject to hydrolysis) is 1. The van der Waals surface area contributed by atoms with Crippen molar-refractivity contribution in [2.75, 3.05) is 0 Å². The third kappa shape index (κ3) is 7.26. The van der Waals surface area contributed by atoms with E-state index in [0.717, 1.165) is 0 Å². The minimum absolute atomic E-state index is 0.0421. The largest absolute Gasteiger partial charge is 0.444 e. The van der Waals surface area contributed by atoms with E-state index in [4.69, 9.17) is 4.74 Å². The normalized spacial score (nSPS) is 13.4. The Labute approximate surface area is 97.7 Å². The van der Waals surface area contributed by atoms with Crippen LogP contribution in [0, 0.1) is 5.92 Å². The summed E-state index contributed by atoms with van der Waals surface area (Å²) in [7, 11) is 0. The third-order valence-electron chi connectivity index (χ3n) is 1.89. The van der Waals surface area contributed by atoms with E-state index in [9.17, 15) is 9.59 Å². The lowest BCUT2D eigenvalue weighted by Crippen LogP contribution is -2.43. The number of carbonyl (C=O) groups is 2. The Kier molecular flexibility index (Phi) is 5.48. The van der Waals surface area contributed by atoms with Crippen LogP contribution in [-0.2, 0) is 9.53 Å². The lowest BCUT2D eigenvalue weighted by Gasteiger charge is -2.23. The molecule has 0 saturated heterocycles. The summed E-state index contributed by atoms with van der Waals surface area (Å²) >= 11 is 0. The Bertz CT molecular complexity index is 253. The molecular formula is C12H23NO3. The Hall–Kier alpha value is -1.06. The van der Waals surface area contributed by atoms with Crippen molar-refractivity contribution in [3.8, 4) is 0 Å². The van der Waals surface area contributed by atoms with Crippen molar-refractivity contribution >= 4 is 11.9 Å². The summed E-state index contributed by atoms with van der Waals surface area (Å²) < 4.78 is 5.10. The summed E-state index contributed by atoms with van der Waals surface area (Å²) in [4.78, 5) is 22.8. The van der Waals surface area contributed by atoms with Gasteiger partial charge in [-0.3, -0.25) is 4.79 Å². The maximum absolute atomic E-state index is 11.5. The van der Waals surface area contributed by atoms with Gasteiger partial charge in [-0.1, -0.05) is 13.8 Å². The number of carbonyl (C=O) groups excluding carboxylic acids is 2. The van der Waals surface area contributed by atoms with Crippen LogP contribution >= 0.6 is 0 Å². The predicted octanol–water partition coefficient (Wildman–Crippen LogP) is 2.51. The number of hydrogen-bond donors (Lipinski definition) is 1. The summed E-state index contributed by atoms with van der Waals surface area (Å²) in [5.41, 5.74) is -0.538. The van der Waals surface area contributed by atoms with Gasteiger partial charge in [-0.15, -0.1) is 0 Å².